The smallest absolute Gasteiger partial charge is 0.132 e. The molecule has 0 bridgehead atoms. The Hall–Kier alpha value is -1.25. The van der Waals surface area contributed by atoms with E-state index < -0.39 is 0 Å². The van der Waals surface area contributed by atoms with Crippen LogP contribution in [0, 0.1) is 0 Å². The summed E-state index contributed by atoms with van der Waals surface area (Å²) in [5, 5.41) is 2.15. The van der Waals surface area contributed by atoms with Gasteiger partial charge in [0.25, 0.3) is 0 Å². The third-order valence-corrected chi connectivity index (χ3v) is 5.05. The molecule has 22 heavy (non-hydrogen) atoms. The molecule has 1 aliphatic rings. The summed E-state index contributed by atoms with van der Waals surface area (Å²) in [5.74, 6) is 4.97. The molecule has 2 aromatic rings. The maximum absolute atomic E-state index is 4.97. The lowest BCUT2D eigenvalue weighted by Crippen LogP contribution is -2.45. The van der Waals surface area contributed by atoms with Crippen molar-refractivity contribution in [1.29, 1.82) is 0 Å². The average Bonchev–Trinajstić information content (AvgIpc) is 3.07. The number of hydrogen-bond acceptors (Lipinski definition) is 7. The van der Waals surface area contributed by atoms with Crippen LogP contribution >= 0.6 is 23.6 Å². The Bertz CT molecular complexity index is 553. The fourth-order valence-electron chi connectivity index (χ4n) is 2.60. The van der Waals surface area contributed by atoms with Crippen LogP contribution in [0.15, 0.2) is 41.8 Å². The van der Waals surface area contributed by atoms with Crippen molar-refractivity contribution in [2.24, 2.45) is 5.90 Å². The molecule has 1 aliphatic heterocycles. The summed E-state index contributed by atoms with van der Waals surface area (Å²) >= 11 is 2.85. The van der Waals surface area contributed by atoms with Gasteiger partial charge in [0.1, 0.15) is 12.2 Å². The van der Waals surface area contributed by atoms with E-state index in [2.05, 4.69) is 48.5 Å². The van der Waals surface area contributed by atoms with Crippen molar-refractivity contribution in [2.45, 2.75) is 6.54 Å². The minimum atomic E-state index is 0.982. The number of nitrogens with zero attached hydrogens (tertiary/aromatic N) is 2. The highest BCUT2D eigenvalue weighted by Gasteiger charge is 2.17. The van der Waals surface area contributed by atoms with Crippen LogP contribution in [0.25, 0.3) is 0 Å². The number of nitrogens with one attached hydrogen (secondary N) is 1. The van der Waals surface area contributed by atoms with Crippen molar-refractivity contribution < 1.29 is 4.28 Å². The molecule has 0 saturated carbocycles. The molecule has 3 N–H and O–H groups in total. The zero-order chi connectivity index (χ0) is 15.2. The van der Waals surface area contributed by atoms with Gasteiger partial charge >= 0.3 is 0 Å². The molecular formula is C15H20N4OS2. The van der Waals surface area contributed by atoms with Gasteiger partial charge in [0, 0.05) is 49.0 Å². The van der Waals surface area contributed by atoms with Gasteiger partial charge in [-0.05, 0) is 35.7 Å². The highest BCUT2D eigenvalue weighted by molar-refractivity contribution is 7.95. The molecule has 1 saturated heterocycles. The van der Waals surface area contributed by atoms with E-state index in [1.165, 1.54) is 10.6 Å². The van der Waals surface area contributed by atoms with Crippen LogP contribution in [0.5, 0.6) is 0 Å². The van der Waals surface area contributed by atoms with Gasteiger partial charge in [0.05, 0.1) is 0 Å². The van der Waals surface area contributed by atoms with E-state index in [9.17, 15) is 0 Å². The number of nitrogens with two attached hydrogens (primary N) is 1. The zero-order valence-electron chi connectivity index (χ0n) is 12.3. The minimum absolute atomic E-state index is 0.982. The zero-order valence-corrected chi connectivity index (χ0v) is 13.9. The largest absolute Gasteiger partial charge is 0.369 e. The van der Waals surface area contributed by atoms with Gasteiger partial charge in [-0.15, -0.1) is 11.3 Å². The lowest BCUT2D eigenvalue weighted by atomic mass is 10.2. The fraction of sp³-hybridized carbons (Fsp3) is 0.333. The number of piperazine rings is 1. The molecule has 0 aliphatic carbocycles. The number of hydrogen-bond donors (Lipinski definition) is 2. The second-order valence-electron chi connectivity index (χ2n) is 5.17. The monoisotopic (exact) mass is 336 g/mol. The lowest BCUT2D eigenvalue weighted by molar-refractivity contribution is 0.252. The predicted molar refractivity (Wildman–Crippen MR) is 94.7 cm³/mol. The fourth-order valence-corrected chi connectivity index (χ4v) is 3.63. The van der Waals surface area contributed by atoms with Crippen molar-refractivity contribution in [3.8, 4) is 0 Å². The van der Waals surface area contributed by atoms with Crippen LogP contribution in [-0.2, 0) is 10.8 Å². The lowest BCUT2D eigenvalue weighted by Gasteiger charge is -2.36. The normalized spacial score (nSPS) is 16.0. The van der Waals surface area contributed by atoms with Gasteiger partial charge in [-0.3, -0.25) is 4.90 Å². The van der Waals surface area contributed by atoms with Crippen molar-refractivity contribution in [1.82, 2.24) is 4.90 Å². The summed E-state index contributed by atoms with van der Waals surface area (Å²) in [6, 6.07) is 12.7. The summed E-state index contributed by atoms with van der Waals surface area (Å²) in [6.07, 6.45) is 0. The molecule has 1 aromatic carbocycles. The molecule has 0 atom stereocenters. The molecule has 0 unspecified atom stereocenters. The molecule has 5 nitrogen and oxygen atoms in total. The first-order valence-electron chi connectivity index (χ1n) is 7.23. The highest BCUT2D eigenvalue weighted by Crippen LogP contribution is 2.22. The summed E-state index contributed by atoms with van der Waals surface area (Å²) in [4.78, 5) is 6.40. The van der Waals surface area contributed by atoms with Crippen molar-refractivity contribution >= 4 is 34.9 Å². The number of rotatable bonds is 6. The minimum Gasteiger partial charge on any atom is -0.369 e. The van der Waals surface area contributed by atoms with Gasteiger partial charge < -0.3 is 9.62 Å². The quantitative estimate of drug-likeness (QED) is 0.481. The third kappa shape index (κ3) is 4.15. The maximum atomic E-state index is 4.97. The standard InChI is InChI=1S/C15H20N4OS2/c16-20-22-17-13-3-5-14(6-4-13)19-9-7-18(8-10-19)12-15-2-1-11-21-15/h1-6,11,17H,7-10,12,16H2. The Morgan fingerprint density at radius 2 is 1.91 bits per heavy atom. The van der Waals surface area contributed by atoms with Crippen LogP contribution in [0.4, 0.5) is 11.4 Å². The molecule has 0 spiro atoms. The van der Waals surface area contributed by atoms with E-state index in [-0.39, 0.29) is 0 Å². The van der Waals surface area contributed by atoms with Gasteiger partial charge in [0.15, 0.2) is 0 Å². The molecule has 3 rings (SSSR count). The van der Waals surface area contributed by atoms with Crippen molar-refractivity contribution in [3.05, 3.63) is 46.7 Å². The van der Waals surface area contributed by atoms with Gasteiger partial charge in [0.2, 0.25) is 0 Å². The first kappa shape index (κ1) is 15.6. The molecule has 0 radical (unpaired) electrons. The number of anilines is 2. The van der Waals surface area contributed by atoms with Crippen LogP contribution < -0.4 is 15.5 Å². The molecule has 7 heteroatoms. The van der Waals surface area contributed by atoms with Crippen LogP contribution in [-0.4, -0.2) is 31.1 Å². The first-order chi connectivity index (χ1) is 10.8. The van der Waals surface area contributed by atoms with Crippen molar-refractivity contribution in [3.63, 3.8) is 0 Å². The van der Waals surface area contributed by atoms with Crippen molar-refractivity contribution in [2.75, 3.05) is 35.8 Å². The predicted octanol–water partition coefficient (Wildman–Crippen LogP) is 2.94. The second kappa shape index (κ2) is 7.85. The van der Waals surface area contributed by atoms with E-state index in [0.29, 0.717) is 0 Å². The SMILES string of the molecule is NOSNc1ccc(N2CCN(Cc3cccs3)CC2)cc1. The Morgan fingerprint density at radius 3 is 2.55 bits per heavy atom. The molecule has 1 fully saturated rings. The van der Waals surface area contributed by atoms with E-state index in [0.717, 1.165) is 50.6 Å². The Kier molecular flexibility index (Phi) is 5.58. The van der Waals surface area contributed by atoms with Gasteiger partial charge in [-0.2, -0.15) is 0 Å². The van der Waals surface area contributed by atoms with E-state index in [1.54, 1.807) is 0 Å². The molecule has 0 amide bonds. The number of thiophene rings is 1. The molecular weight excluding hydrogens is 316 g/mol. The van der Waals surface area contributed by atoms with E-state index in [4.69, 9.17) is 5.90 Å². The average molecular weight is 336 g/mol. The van der Waals surface area contributed by atoms with E-state index >= 15 is 0 Å². The Labute approximate surface area is 139 Å². The third-order valence-electron chi connectivity index (χ3n) is 3.77. The molecule has 2 heterocycles. The van der Waals surface area contributed by atoms with Crippen LogP contribution in [0.1, 0.15) is 4.88 Å². The van der Waals surface area contributed by atoms with Crippen LogP contribution in [0.2, 0.25) is 0 Å². The summed E-state index contributed by atoms with van der Waals surface area (Å²) < 4.78 is 7.44. The summed E-state index contributed by atoms with van der Waals surface area (Å²) in [6.45, 7) is 5.42. The highest BCUT2D eigenvalue weighted by atomic mass is 32.2. The Balaban J connectivity index is 1.50. The molecule has 1 aromatic heterocycles. The molecule has 118 valence electrons. The van der Waals surface area contributed by atoms with E-state index in [1.807, 2.05) is 23.5 Å². The first-order valence-corrected chi connectivity index (χ1v) is 8.85. The summed E-state index contributed by atoms with van der Waals surface area (Å²) in [5.41, 5.74) is 2.25. The number of benzene rings is 1. The van der Waals surface area contributed by atoms with Gasteiger partial charge in [-0.25, -0.2) is 10.2 Å². The van der Waals surface area contributed by atoms with Gasteiger partial charge in [-0.1, -0.05) is 6.07 Å². The van der Waals surface area contributed by atoms with Crippen LogP contribution in [0.3, 0.4) is 0 Å². The Morgan fingerprint density at radius 1 is 1.14 bits per heavy atom. The topological polar surface area (TPSA) is 53.8 Å². The second-order valence-corrected chi connectivity index (χ2v) is 6.77. The summed E-state index contributed by atoms with van der Waals surface area (Å²) in [7, 11) is 0. The maximum Gasteiger partial charge on any atom is 0.132 e.